The summed E-state index contributed by atoms with van der Waals surface area (Å²) < 4.78 is 32.9. The van der Waals surface area contributed by atoms with E-state index in [4.69, 9.17) is 9.52 Å². The highest BCUT2D eigenvalue weighted by Crippen LogP contribution is 2.29. The van der Waals surface area contributed by atoms with Crippen LogP contribution in [0.3, 0.4) is 0 Å². The number of piperidine rings is 3. The van der Waals surface area contributed by atoms with Crippen molar-refractivity contribution < 1.29 is 17.9 Å². The molecule has 1 aromatic rings. The minimum Gasteiger partial charge on any atom is -0.462 e. The number of aliphatic hydroxyl groups is 1. The lowest BCUT2D eigenvalue weighted by atomic mass is 9.85. The molecule has 3 aliphatic heterocycles. The first-order valence-electron chi connectivity index (χ1n) is 6.94. The van der Waals surface area contributed by atoms with Gasteiger partial charge in [0.2, 0.25) is 10.0 Å². The minimum absolute atomic E-state index is 0.0191. The molecule has 6 nitrogen and oxygen atoms in total. The van der Waals surface area contributed by atoms with E-state index in [0.717, 1.165) is 32.5 Å². The monoisotopic (exact) mass is 300 g/mol. The molecule has 4 rings (SSSR count). The average molecular weight is 300 g/mol. The summed E-state index contributed by atoms with van der Waals surface area (Å²) in [7, 11) is -3.58. The smallest absolute Gasteiger partial charge is 0.244 e. The molecule has 0 aliphatic carbocycles. The van der Waals surface area contributed by atoms with E-state index < -0.39 is 10.0 Å². The summed E-state index contributed by atoms with van der Waals surface area (Å²) in [6, 6.07) is 1.38. The molecule has 1 unspecified atom stereocenters. The number of fused-ring (bicyclic) bond motifs is 3. The van der Waals surface area contributed by atoms with E-state index in [1.807, 2.05) is 0 Å². The molecule has 1 aromatic heterocycles. The van der Waals surface area contributed by atoms with Gasteiger partial charge >= 0.3 is 0 Å². The highest BCUT2D eigenvalue weighted by Gasteiger charge is 2.37. The first-order chi connectivity index (χ1) is 9.49. The van der Waals surface area contributed by atoms with E-state index in [1.165, 1.54) is 6.07 Å². The van der Waals surface area contributed by atoms with Crippen molar-refractivity contribution in [1.82, 2.24) is 9.62 Å². The first kappa shape index (κ1) is 14.1. The van der Waals surface area contributed by atoms with Crippen LogP contribution in [0.2, 0.25) is 0 Å². The molecular formula is C13H20N2O4S. The molecule has 1 atom stereocenters. The number of hydrogen-bond donors (Lipinski definition) is 2. The quantitative estimate of drug-likeness (QED) is 0.844. The SMILES string of the molecule is Cc1oc(CO)cc1S(=O)(=O)NC1CN2CCC1CC2. The van der Waals surface area contributed by atoms with Crippen LogP contribution in [0, 0.1) is 12.8 Å². The third-order valence-electron chi connectivity index (χ3n) is 4.33. The van der Waals surface area contributed by atoms with Gasteiger partial charge in [-0.3, -0.25) is 0 Å². The Morgan fingerprint density at radius 3 is 2.65 bits per heavy atom. The molecular weight excluding hydrogens is 280 g/mol. The Morgan fingerprint density at radius 1 is 1.45 bits per heavy atom. The summed E-state index contributed by atoms with van der Waals surface area (Å²) in [5.74, 6) is 1.03. The molecule has 0 saturated carbocycles. The van der Waals surface area contributed by atoms with Gasteiger partial charge in [-0.15, -0.1) is 0 Å². The molecule has 4 heterocycles. The van der Waals surface area contributed by atoms with Gasteiger partial charge in [-0.25, -0.2) is 13.1 Å². The van der Waals surface area contributed by atoms with Gasteiger partial charge in [0.25, 0.3) is 0 Å². The molecule has 0 radical (unpaired) electrons. The average Bonchev–Trinajstić information content (AvgIpc) is 2.82. The van der Waals surface area contributed by atoms with E-state index in [-0.39, 0.29) is 23.3 Å². The summed E-state index contributed by atoms with van der Waals surface area (Å²) in [6.45, 7) is 4.23. The number of nitrogens with one attached hydrogen (secondary N) is 1. The highest BCUT2D eigenvalue weighted by atomic mass is 32.2. The Kier molecular flexibility index (Phi) is 3.62. The Morgan fingerprint density at radius 2 is 2.15 bits per heavy atom. The zero-order valence-electron chi connectivity index (χ0n) is 11.5. The largest absolute Gasteiger partial charge is 0.462 e. The first-order valence-corrected chi connectivity index (χ1v) is 8.43. The molecule has 20 heavy (non-hydrogen) atoms. The number of hydrogen-bond acceptors (Lipinski definition) is 5. The highest BCUT2D eigenvalue weighted by molar-refractivity contribution is 7.89. The molecule has 112 valence electrons. The summed E-state index contributed by atoms with van der Waals surface area (Å²) in [4.78, 5) is 2.44. The molecule has 0 amide bonds. The van der Waals surface area contributed by atoms with Crippen LogP contribution in [0.4, 0.5) is 0 Å². The maximum Gasteiger partial charge on any atom is 0.244 e. The lowest BCUT2D eigenvalue weighted by molar-refractivity contribution is 0.0827. The molecule has 3 aliphatic rings. The van der Waals surface area contributed by atoms with Crippen LogP contribution >= 0.6 is 0 Å². The summed E-state index contributed by atoms with van der Waals surface area (Å²) >= 11 is 0. The molecule has 3 fully saturated rings. The lowest BCUT2D eigenvalue weighted by Crippen LogP contribution is -2.57. The number of furan rings is 1. The Hall–Kier alpha value is -0.890. The van der Waals surface area contributed by atoms with E-state index in [9.17, 15) is 8.42 Å². The third-order valence-corrected chi connectivity index (χ3v) is 5.93. The van der Waals surface area contributed by atoms with Crippen LogP contribution in [-0.2, 0) is 16.6 Å². The normalized spacial score (nSPS) is 29.8. The zero-order chi connectivity index (χ0) is 14.3. The van der Waals surface area contributed by atoms with Crippen molar-refractivity contribution in [3.63, 3.8) is 0 Å². The van der Waals surface area contributed by atoms with Crippen molar-refractivity contribution in [2.75, 3.05) is 19.6 Å². The number of nitrogens with zero attached hydrogens (tertiary/aromatic N) is 1. The van der Waals surface area contributed by atoms with Crippen LogP contribution in [0.5, 0.6) is 0 Å². The standard InChI is InChI=1S/C13H20N2O4S/c1-9-13(6-11(8-16)19-9)20(17,18)14-12-7-15-4-2-10(12)3-5-15/h6,10,12,14,16H,2-5,7-8H2,1H3. The van der Waals surface area contributed by atoms with Crippen LogP contribution in [0.25, 0.3) is 0 Å². The van der Waals surface area contributed by atoms with E-state index >= 15 is 0 Å². The maximum absolute atomic E-state index is 12.5. The van der Waals surface area contributed by atoms with Gasteiger partial charge in [0.1, 0.15) is 23.0 Å². The van der Waals surface area contributed by atoms with Gasteiger partial charge in [-0.2, -0.15) is 0 Å². The number of sulfonamides is 1. The van der Waals surface area contributed by atoms with E-state index in [1.54, 1.807) is 6.92 Å². The van der Waals surface area contributed by atoms with Crippen molar-refractivity contribution in [3.05, 3.63) is 17.6 Å². The van der Waals surface area contributed by atoms with Crippen molar-refractivity contribution in [2.24, 2.45) is 5.92 Å². The minimum atomic E-state index is -3.58. The molecule has 0 spiro atoms. The lowest BCUT2D eigenvalue weighted by Gasteiger charge is -2.44. The number of aliphatic hydroxyl groups excluding tert-OH is 1. The fraction of sp³-hybridized carbons (Fsp3) is 0.692. The maximum atomic E-state index is 12.5. The van der Waals surface area contributed by atoms with Gasteiger partial charge in [0.15, 0.2) is 0 Å². The number of rotatable bonds is 4. The second-order valence-corrected chi connectivity index (χ2v) is 7.34. The van der Waals surface area contributed by atoms with Crippen LogP contribution < -0.4 is 4.72 Å². The second-order valence-electron chi connectivity index (χ2n) is 5.66. The predicted octanol–water partition coefficient (Wildman–Crippen LogP) is 0.453. The van der Waals surface area contributed by atoms with Crippen molar-refractivity contribution >= 4 is 10.0 Å². The van der Waals surface area contributed by atoms with Crippen LogP contribution in [0.1, 0.15) is 24.4 Å². The number of aryl methyl sites for hydroxylation is 1. The van der Waals surface area contributed by atoms with Gasteiger partial charge in [0, 0.05) is 18.7 Å². The van der Waals surface area contributed by atoms with Gasteiger partial charge < -0.3 is 14.4 Å². The topological polar surface area (TPSA) is 82.8 Å². The van der Waals surface area contributed by atoms with Gasteiger partial charge in [-0.1, -0.05) is 0 Å². The second kappa shape index (κ2) is 5.14. The van der Waals surface area contributed by atoms with Crippen LogP contribution in [0.15, 0.2) is 15.4 Å². The Bertz CT molecular complexity index is 588. The van der Waals surface area contributed by atoms with E-state index in [0.29, 0.717) is 11.7 Å². The van der Waals surface area contributed by atoms with Crippen molar-refractivity contribution in [1.29, 1.82) is 0 Å². The zero-order valence-corrected chi connectivity index (χ0v) is 12.3. The van der Waals surface area contributed by atoms with Crippen LogP contribution in [-0.4, -0.2) is 44.1 Å². The molecule has 3 saturated heterocycles. The predicted molar refractivity (Wildman–Crippen MR) is 72.6 cm³/mol. The third kappa shape index (κ3) is 2.50. The van der Waals surface area contributed by atoms with Crippen molar-refractivity contribution in [3.8, 4) is 0 Å². The van der Waals surface area contributed by atoms with Crippen molar-refractivity contribution in [2.45, 2.75) is 37.3 Å². The van der Waals surface area contributed by atoms with Gasteiger partial charge in [-0.05, 0) is 38.8 Å². The van der Waals surface area contributed by atoms with E-state index in [2.05, 4.69) is 9.62 Å². The Balaban J connectivity index is 1.80. The molecule has 0 aromatic carbocycles. The molecule has 2 N–H and O–H groups in total. The molecule has 7 heteroatoms. The van der Waals surface area contributed by atoms with Gasteiger partial charge in [0.05, 0.1) is 0 Å². The summed E-state index contributed by atoms with van der Waals surface area (Å²) in [5.41, 5.74) is 0. The summed E-state index contributed by atoms with van der Waals surface area (Å²) in [6.07, 6.45) is 2.11. The molecule has 2 bridgehead atoms. The Labute approximate surface area is 118 Å². The summed E-state index contributed by atoms with van der Waals surface area (Å²) in [5, 5.41) is 9.03. The fourth-order valence-corrected chi connectivity index (χ4v) is 4.73. The fourth-order valence-electron chi connectivity index (χ4n) is 3.23.